The fourth-order valence-corrected chi connectivity index (χ4v) is 2.80. The second-order valence-corrected chi connectivity index (χ2v) is 5.78. The molecule has 3 rings (SSSR count). The first kappa shape index (κ1) is 15.3. The zero-order chi connectivity index (χ0) is 16.1. The number of anilines is 1. The van der Waals surface area contributed by atoms with Gasteiger partial charge in [-0.25, -0.2) is 0 Å². The highest BCUT2D eigenvalue weighted by atomic mass is 16.2. The van der Waals surface area contributed by atoms with Crippen molar-refractivity contribution in [2.75, 3.05) is 31.5 Å². The van der Waals surface area contributed by atoms with Gasteiger partial charge in [0, 0.05) is 18.8 Å². The van der Waals surface area contributed by atoms with Crippen molar-refractivity contribution in [3.8, 4) is 0 Å². The summed E-state index contributed by atoms with van der Waals surface area (Å²) >= 11 is 0. The van der Waals surface area contributed by atoms with Crippen molar-refractivity contribution >= 4 is 28.3 Å². The molecule has 0 aromatic heterocycles. The zero-order valence-electron chi connectivity index (χ0n) is 13.0. The van der Waals surface area contributed by atoms with Crippen LogP contribution in [0, 0.1) is 0 Å². The van der Waals surface area contributed by atoms with Gasteiger partial charge in [-0.2, -0.15) is 0 Å². The molecule has 5 heteroatoms. The van der Waals surface area contributed by atoms with Gasteiger partial charge in [0.2, 0.25) is 11.8 Å². The number of hydrogen-bond donors (Lipinski definition) is 2. The van der Waals surface area contributed by atoms with Gasteiger partial charge in [-0.3, -0.25) is 9.59 Å². The van der Waals surface area contributed by atoms with E-state index in [1.807, 2.05) is 36.4 Å². The molecule has 0 unspecified atom stereocenters. The van der Waals surface area contributed by atoms with Crippen molar-refractivity contribution in [1.82, 2.24) is 10.2 Å². The summed E-state index contributed by atoms with van der Waals surface area (Å²) in [5.74, 6) is -0.174. The molecular weight excluding hydrogens is 290 g/mol. The number of fused-ring (bicyclic) bond motifs is 1. The Labute approximate surface area is 135 Å². The van der Waals surface area contributed by atoms with Crippen LogP contribution in [0.5, 0.6) is 0 Å². The average Bonchev–Trinajstić information content (AvgIpc) is 3.12. The first-order chi connectivity index (χ1) is 11.2. The first-order valence-corrected chi connectivity index (χ1v) is 7.99. The molecule has 0 bridgehead atoms. The number of benzene rings is 2. The lowest BCUT2D eigenvalue weighted by atomic mass is 10.1. The number of hydrogen-bond acceptors (Lipinski definition) is 3. The molecule has 120 valence electrons. The van der Waals surface area contributed by atoms with Crippen LogP contribution in [-0.2, 0) is 9.59 Å². The van der Waals surface area contributed by atoms with E-state index in [0.29, 0.717) is 0 Å². The topological polar surface area (TPSA) is 61.4 Å². The lowest BCUT2D eigenvalue weighted by molar-refractivity contribution is -0.131. The predicted molar refractivity (Wildman–Crippen MR) is 91.3 cm³/mol. The molecule has 2 aromatic carbocycles. The van der Waals surface area contributed by atoms with Crippen molar-refractivity contribution < 1.29 is 9.59 Å². The fraction of sp³-hybridized carbons (Fsp3) is 0.333. The number of rotatable bonds is 5. The van der Waals surface area contributed by atoms with Crippen LogP contribution >= 0.6 is 0 Å². The highest BCUT2D eigenvalue weighted by Crippen LogP contribution is 2.18. The Morgan fingerprint density at radius 3 is 2.48 bits per heavy atom. The number of carbonyl (C=O) groups is 2. The van der Waals surface area contributed by atoms with E-state index < -0.39 is 0 Å². The quantitative estimate of drug-likeness (QED) is 0.888. The maximum Gasteiger partial charge on any atom is 0.241 e. The zero-order valence-corrected chi connectivity index (χ0v) is 13.0. The summed E-state index contributed by atoms with van der Waals surface area (Å²) in [7, 11) is 0. The minimum absolute atomic E-state index is 0.00144. The SMILES string of the molecule is O=C(CNc1ccc2ccccc2c1)NCC(=O)N1CCCC1. The summed E-state index contributed by atoms with van der Waals surface area (Å²) in [6.45, 7) is 1.86. The number of carbonyl (C=O) groups excluding carboxylic acids is 2. The second kappa shape index (κ2) is 7.13. The van der Waals surface area contributed by atoms with Gasteiger partial charge >= 0.3 is 0 Å². The number of nitrogens with zero attached hydrogens (tertiary/aromatic N) is 1. The number of amides is 2. The first-order valence-electron chi connectivity index (χ1n) is 7.99. The Hall–Kier alpha value is -2.56. The van der Waals surface area contributed by atoms with E-state index in [0.717, 1.165) is 37.0 Å². The van der Waals surface area contributed by atoms with Crippen LogP contribution in [0.4, 0.5) is 5.69 Å². The van der Waals surface area contributed by atoms with Crippen LogP contribution in [0.25, 0.3) is 10.8 Å². The van der Waals surface area contributed by atoms with Crippen LogP contribution in [0.2, 0.25) is 0 Å². The van der Waals surface area contributed by atoms with Crippen molar-refractivity contribution in [2.24, 2.45) is 0 Å². The minimum Gasteiger partial charge on any atom is -0.376 e. The van der Waals surface area contributed by atoms with Gasteiger partial charge < -0.3 is 15.5 Å². The third-order valence-corrected chi connectivity index (χ3v) is 4.10. The highest BCUT2D eigenvalue weighted by molar-refractivity contribution is 5.88. The number of nitrogens with one attached hydrogen (secondary N) is 2. The summed E-state index contributed by atoms with van der Waals surface area (Å²) in [6.07, 6.45) is 2.12. The maximum absolute atomic E-state index is 11.9. The fourth-order valence-electron chi connectivity index (χ4n) is 2.80. The Morgan fingerprint density at radius 1 is 0.957 bits per heavy atom. The van der Waals surface area contributed by atoms with Gasteiger partial charge in [0.1, 0.15) is 0 Å². The minimum atomic E-state index is -0.175. The van der Waals surface area contributed by atoms with E-state index in [2.05, 4.69) is 16.7 Å². The standard InChI is InChI=1S/C18H21N3O2/c22-17(20-13-18(23)21-9-3-4-10-21)12-19-16-8-7-14-5-1-2-6-15(14)11-16/h1-2,5-8,11,19H,3-4,9-10,12-13H2,(H,20,22). The largest absolute Gasteiger partial charge is 0.376 e. The molecule has 0 atom stereocenters. The van der Waals surface area contributed by atoms with Crippen LogP contribution in [0.3, 0.4) is 0 Å². The van der Waals surface area contributed by atoms with E-state index in [1.165, 1.54) is 5.39 Å². The van der Waals surface area contributed by atoms with Gasteiger partial charge in [-0.15, -0.1) is 0 Å². The van der Waals surface area contributed by atoms with Gasteiger partial charge in [-0.05, 0) is 35.7 Å². The van der Waals surface area contributed by atoms with Crippen LogP contribution in [0.15, 0.2) is 42.5 Å². The third-order valence-electron chi connectivity index (χ3n) is 4.10. The van der Waals surface area contributed by atoms with Gasteiger partial charge in [0.15, 0.2) is 0 Å². The molecular formula is C18H21N3O2. The Balaban J connectivity index is 1.47. The summed E-state index contributed by atoms with van der Waals surface area (Å²) < 4.78 is 0. The van der Waals surface area contributed by atoms with Gasteiger partial charge in [0.25, 0.3) is 0 Å². The van der Waals surface area contributed by atoms with Gasteiger partial charge in [-0.1, -0.05) is 30.3 Å². The molecule has 0 spiro atoms. The maximum atomic E-state index is 11.9. The molecule has 0 radical (unpaired) electrons. The molecule has 5 nitrogen and oxygen atoms in total. The number of likely N-dealkylation sites (tertiary alicyclic amines) is 1. The lowest BCUT2D eigenvalue weighted by Gasteiger charge is -2.15. The summed E-state index contributed by atoms with van der Waals surface area (Å²) in [5.41, 5.74) is 0.893. The molecule has 23 heavy (non-hydrogen) atoms. The van der Waals surface area contributed by atoms with E-state index in [-0.39, 0.29) is 24.9 Å². The highest BCUT2D eigenvalue weighted by Gasteiger charge is 2.17. The monoisotopic (exact) mass is 311 g/mol. The normalized spacial score (nSPS) is 14.0. The van der Waals surface area contributed by atoms with E-state index in [4.69, 9.17) is 0 Å². The molecule has 1 heterocycles. The Kier molecular flexibility index (Phi) is 4.76. The van der Waals surface area contributed by atoms with Crippen molar-refractivity contribution in [3.63, 3.8) is 0 Å². The Bertz CT molecular complexity index is 708. The molecule has 2 N–H and O–H groups in total. The molecule has 0 aliphatic carbocycles. The molecule has 2 amide bonds. The third kappa shape index (κ3) is 4.00. The Morgan fingerprint density at radius 2 is 1.70 bits per heavy atom. The van der Waals surface area contributed by atoms with Crippen LogP contribution in [0.1, 0.15) is 12.8 Å². The smallest absolute Gasteiger partial charge is 0.241 e. The second-order valence-electron chi connectivity index (χ2n) is 5.78. The summed E-state index contributed by atoms with van der Waals surface area (Å²) in [5, 5.41) is 8.06. The molecule has 2 aromatic rings. The summed E-state index contributed by atoms with van der Waals surface area (Å²) in [6, 6.07) is 14.1. The van der Waals surface area contributed by atoms with Crippen LogP contribution in [-0.4, -0.2) is 42.9 Å². The molecule has 1 aliphatic heterocycles. The van der Waals surface area contributed by atoms with Gasteiger partial charge in [0.05, 0.1) is 13.1 Å². The molecule has 1 fully saturated rings. The molecule has 1 aliphatic rings. The van der Waals surface area contributed by atoms with Crippen molar-refractivity contribution in [3.05, 3.63) is 42.5 Å². The molecule has 0 saturated carbocycles. The van der Waals surface area contributed by atoms with E-state index >= 15 is 0 Å². The lowest BCUT2D eigenvalue weighted by Crippen LogP contribution is -2.40. The summed E-state index contributed by atoms with van der Waals surface area (Å²) in [4.78, 5) is 25.5. The molecule has 1 saturated heterocycles. The van der Waals surface area contributed by atoms with E-state index in [9.17, 15) is 9.59 Å². The van der Waals surface area contributed by atoms with Crippen molar-refractivity contribution in [1.29, 1.82) is 0 Å². The van der Waals surface area contributed by atoms with E-state index in [1.54, 1.807) is 4.90 Å². The average molecular weight is 311 g/mol. The predicted octanol–water partition coefficient (Wildman–Crippen LogP) is 1.99. The van der Waals surface area contributed by atoms with Crippen LogP contribution < -0.4 is 10.6 Å². The van der Waals surface area contributed by atoms with Crippen molar-refractivity contribution in [2.45, 2.75) is 12.8 Å².